The van der Waals surface area contributed by atoms with Crippen LogP contribution in [0.2, 0.25) is 0 Å². The second-order valence-electron chi connectivity index (χ2n) is 6.87. The molecule has 0 saturated heterocycles. The van der Waals surface area contributed by atoms with E-state index < -0.39 is 34.8 Å². The van der Waals surface area contributed by atoms with Crippen molar-refractivity contribution in [2.45, 2.75) is 58.0 Å². The van der Waals surface area contributed by atoms with Crippen LogP contribution in [0.4, 0.5) is 0 Å². The van der Waals surface area contributed by atoms with Crippen molar-refractivity contribution in [3.8, 4) is 0 Å². The molecule has 140 valence electrons. The first-order chi connectivity index (χ1) is 11.5. The zero-order valence-electron chi connectivity index (χ0n) is 14.4. The summed E-state index contributed by atoms with van der Waals surface area (Å²) in [7, 11) is 0. The van der Waals surface area contributed by atoms with Crippen molar-refractivity contribution in [1.29, 1.82) is 0 Å². The van der Waals surface area contributed by atoms with Gasteiger partial charge in [0.2, 0.25) is 5.91 Å². The van der Waals surface area contributed by atoms with Crippen LogP contribution in [-0.2, 0) is 14.4 Å². The molecule has 2 atom stereocenters. The van der Waals surface area contributed by atoms with Crippen molar-refractivity contribution in [1.82, 2.24) is 25.9 Å². The average Bonchev–Trinajstić information content (AvgIpc) is 3.01. The molecule has 11 nitrogen and oxygen atoms in total. The van der Waals surface area contributed by atoms with Crippen LogP contribution in [0.25, 0.3) is 0 Å². The summed E-state index contributed by atoms with van der Waals surface area (Å²) >= 11 is 0. The molecule has 0 aliphatic rings. The predicted octanol–water partition coefficient (Wildman–Crippen LogP) is -0.170. The highest BCUT2D eigenvalue weighted by Crippen LogP contribution is 2.32. The van der Waals surface area contributed by atoms with Gasteiger partial charge in [0.15, 0.2) is 5.82 Å². The number of hydrogen-bond acceptors (Lipinski definition) is 7. The Morgan fingerprint density at radius 1 is 1.24 bits per heavy atom. The van der Waals surface area contributed by atoms with Gasteiger partial charge in [-0.25, -0.2) is 5.10 Å². The van der Waals surface area contributed by atoms with E-state index in [2.05, 4.69) is 25.9 Å². The largest absolute Gasteiger partial charge is 0.481 e. The average molecular weight is 356 g/mol. The molecule has 0 aromatic carbocycles. The van der Waals surface area contributed by atoms with E-state index in [1.807, 2.05) is 0 Å². The van der Waals surface area contributed by atoms with Crippen LogP contribution in [-0.4, -0.2) is 54.2 Å². The third-order valence-corrected chi connectivity index (χ3v) is 4.14. The second kappa shape index (κ2) is 8.01. The summed E-state index contributed by atoms with van der Waals surface area (Å²) in [5.74, 6) is -2.45. The zero-order chi connectivity index (χ0) is 19.3. The first kappa shape index (κ1) is 20.5. The number of H-pyrrole nitrogens is 1. The number of hydrogen-bond donors (Lipinski definition) is 5. The Balaban J connectivity index is 2.74. The van der Waals surface area contributed by atoms with Crippen LogP contribution in [0, 0.1) is 5.41 Å². The highest BCUT2D eigenvalue weighted by atomic mass is 16.4. The first-order valence-electron chi connectivity index (χ1n) is 7.74. The second-order valence-corrected chi connectivity index (χ2v) is 6.87. The normalized spacial score (nSPS) is 15.2. The molecular formula is C14H24N6O5. The monoisotopic (exact) mass is 356 g/mol. The number of nitrogens with one attached hydrogen (secondary N) is 2. The Morgan fingerprint density at radius 3 is 2.32 bits per heavy atom. The highest BCUT2D eigenvalue weighted by Gasteiger charge is 2.45. The highest BCUT2D eigenvalue weighted by molar-refractivity contribution is 5.82. The topological polar surface area (TPSA) is 184 Å². The van der Waals surface area contributed by atoms with E-state index >= 15 is 0 Å². The van der Waals surface area contributed by atoms with Gasteiger partial charge in [0.1, 0.15) is 5.54 Å². The summed E-state index contributed by atoms with van der Waals surface area (Å²) in [6, 6.07) is -0.717. The molecule has 25 heavy (non-hydrogen) atoms. The van der Waals surface area contributed by atoms with Crippen LogP contribution in [0.15, 0.2) is 0 Å². The minimum absolute atomic E-state index is 0.0715. The lowest BCUT2D eigenvalue weighted by Gasteiger charge is -2.37. The van der Waals surface area contributed by atoms with Gasteiger partial charge in [0.05, 0.1) is 6.04 Å². The van der Waals surface area contributed by atoms with Crippen LogP contribution in [0.3, 0.4) is 0 Å². The summed E-state index contributed by atoms with van der Waals surface area (Å²) in [4.78, 5) is 34.5. The van der Waals surface area contributed by atoms with Crippen LogP contribution in [0.5, 0.6) is 0 Å². The third-order valence-electron chi connectivity index (χ3n) is 4.14. The molecule has 1 heterocycles. The van der Waals surface area contributed by atoms with E-state index in [1.54, 1.807) is 20.8 Å². The number of rotatable bonds is 9. The number of tetrazole rings is 1. The molecule has 0 aliphatic carbocycles. The Bertz CT molecular complexity index is 612. The summed E-state index contributed by atoms with van der Waals surface area (Å²) < 4.78 is 0. The first-order valence-corrected chi connectivity index (χ1v) is 7.74. The van der Waals surface area contributed by atoms with Gasteiger partial charge in [-0.3, -0.25) is 14.4 Å². The maximum absolute atomic E-state index is 12.2. The number of amides is 1. The predicted molar refractivity (Wildman–Crippen MR) is 85.2 cm³/mol. The van der Waals surface area contributed by atoms with Crippen molar-refractivity contribution < 1.29 is 24.6 Å². The standard InChI is InChI=1S/C14H24N6O5/c1-13(2,3)14(15,12(24)25)7-6-9(21)16-8(4-5-10(22)23)11-17-19-20-18-11/h8H,4-7,15H2,1-3H3,(H,16,21)(H,22,23)(H,24,25)(H,17,18,19,20)/t8-,14-/m1/s1. The van der Waals surface area contributed by atoms with E-state index in [0.717, 1.165) is 0 Å². The van der Waals surface area contributed by atoms with Crippen molar-refractivity contribution >= 4 is 17.8 Å². The molecule has 0 aliphatic heterocycles. The minimum Gasteiger partial charge on any atom is -0.481 e. The molecule has 0 spiro atoms. The maximum Gasteiger partial charge on any atom is 0.324 e. The van der Waals surface area contributed by atoms with E-state index in [1.165, 1.54) is 0 Å². The molecule has 6 N–H and O–H groups in total. The lowest BCUT2D eigenvalue weighted by atomic mass is 9.71. The van der Waals surface area contributed by atoms with E-state index in [0.29, 0.717) is 0 Å². The van der Waals surface area contributed by atoms with E-state index in [-0.39, 0.29) is 31.5 Å². The van der Waals surface area contributed by atoms with Crippen LogP contribution >= 0.6 is 0 Å². The molecule has 0 radical (unpaired) electrons. The van der Waals surface area contributed by atoms with Crippen LogP contribution in [0.1, 0.15) is 58.3 Å². The maximum atomic E-state index is 12.2. The van der Waals surface area contributed by atoms with E-state index in [4.69, 9.17) is 10.8 Å². The number of carbonyl (C=O) groups is 3. The van der Waals surface area contributed by atoms with Gasteiger partial charge < -0.3 is 21.3 Å². The Morgan fingerprint density at radius 2 is 1.88 bits per heavy atom. The van der Waals surface area contributed by atoms with Gasteiger partial charge >= 0.3 is 11.9 Å². The molecule has 1 aromatic rings. The van der Waals surface area contributed by atoms with Gasteiger partial charge in [0, 0.05) is 12.8 Å². The van der Waals surface area contributed by atoms with Gasteiger partial charge in [-0.15, -0.1) is 5.10 Å². The molecule has 1 aromatic heterocycles. The molecule has 1 rings (SSSR count). The minimum atomic E-state index is -1.57. The Kier molecular flexibility index (Phi) is 6.56. The van der Waals surface area contributed by atoms with Gasteiger partial charge in [0.25, 0.3) is 0 Å². The summed E-state index contributed by atoms with van der Waals surface area (Å²) in [5.41, 5.74) is 3.67. The fraction of sp³-hybridized carbons (Fsp3) is 0.714. The van der Waals surface area contributed by atoms with Crippen molar-refractivity contribution in [3.63, 3.8) is 0 Å². The molecule has 1 amide bonds. The fourth-order valence-electron chi connectivity index (χ4n) is 2.24. The summed E-state index contributed by atoms with van der Waals surface area (Å²) in [6.45, 7) is 5.07. The zero-order valence-corrected chi connectivity index (χ0v) is 14.4. The molecule has 0 unspecified atom stereocenters. The fourth-order valence-corrected chi connectivity index (χ4v) is 2.24. The van der Waals surface area contributed by atoms with Crippen LogP contribution < -0.4 is 11.1 Å². The van der Waals surface area contributed by atoms with Crippen molar-refractivity contribution in [3.05, 3.63) is 5.82 Å². The Hall–Kier alpha value is -2.56. The number of carboxylic acid groups (broad SMARTS) is 2. The van der Waals surface area contributed by atoms with Gasteiger partial charge in [-0.2, -0.15) is 0 Å². The molecule has 0 fully saturated rings. The smallest absolute Gasteiger partial charge is 0.324 e. The third kappa shape index (κ3) is 5.48. The summed E-state index contributed by atoms with van der Waals surface area (Å²) in [6.07, 6.45) is -0.309. The lowest BCUT2D eigenvalue weighted by Crippen LogP contribution is -2.58. The lowest BCUT2D eigenvalue weighted by molar-refractivity contribution is -0.148. The van der Waals surface area contributed by atoms with Gasteiger partial charge in [-0.05, 0) is 28.7 Å². The molecular weight excluding hydrogens is 332 g/mol. The van der Waals surface area contributed by atoms with Crippen molar-refractivity contribution in [2.24, 2.45) is 11.1 Å². The molecule has 0 saturated carbocycles. The van der Waals surface area contributed by atoms with Gasteiger partial charge in [-0.1, -0.05) is 20.8 Å². The number of nitrogens with zero attached hydrogens (tertiary/aromatic N) is 3. The number of carboxylic acids is 2. The number of aromatic nitrogens is 4. The van der Waals surface area contributed by atoms with Crippen molar-refractivity contribution in [2.75, 3.05) is 0 Å². The number of carbonyl (C=O) groups excluding carboxylic acids is 1. The number of aromatic amines is 1. The number of nitrogens with two attached hydrogens (primary N) is 1. The van der Waals surface area contributed by atoms with E-state index in [9.17, 15) is 19.5 Å². The molecule has 11 heteroatoms. The quantitative estimate of drug-likeness (QED) is 0.400. The summed E-state index contributed by atoms with van der Waals surface area (Å²) in [5, 5.41) is 33.8. The number of aliphatic carboxylic acids is 2. The molecule has 0 bridgehead atoms. The Labute approximate surface area is 144 Å². The SMILES string of the molecule is CC(C)(C)[C@@](N)(CCC(=O)N[C@H](CCC(=O)O)c1nnn[nH]1)C(=O)O.